The number of piperazine rings is 1. The van der Waals surface area contributed by atoms with E-state index in [2.05, 4.69) is 19.2 Å². The van der Waals surface area contributed by atoms with Crippen LogP contribution >= 0.6 is 0 Å². The van der Waals surface area contributed by atoms with Crippen molar-refractivity contribution in [1.29, 1.82) is 0 Å². The molecule has 0 aromatic carbocycles. The minimum atomic E-state index is -0.218. The van der Waals surface area contributed by atoms with Crippen molar-refractivity contribution in [3.63, 3.8) is 0 Å². The third kappa shape index (κ3) is 5.59. The molecule has 0 bridgehead atoms. The molecule has 3 amide bonds. The third-order valence-electron chi connectivity index (χ3n) is 3.43. The standard InChI is InChI=1S/C14H25N3O3/c1-11(2)4-5-15-13(19)10-14(20)17-8-6-16(7-9-17)12(3)18/h11H,4-10H2,1-3H3,(H,15,19). The smallest absolute Gasteiger partial charge is 0.232 e. The van der Waals surface area contributed by atoms with E-state index >= 15 is 0 Å². The van der Waals surface area contributed by atoms with Crippen LogP contribution in [0.25, 0.3) is 0 Å². The highest BCUT2D eigenvalue weighted by atomic mass is 16.2. The molecule has 20 heavy (non-hydrogen) atoms. The van der Waals surface area contributed by atoms with E-state index in [1.807, 2.05) is 0 Å². The molecule has 1 rings (SSSR count). The van der Waals surface area contributed by atoms with Gasteiger partial charge in [0.15, 0.2) is 0 Å². The molecular weight excluding hydrogens is 258 g/mol. The molecule has 1 saturated heterocycles. The zero-order chi connectivity index (χ0) is 15.1. The number of hydrogen-bond acceptors (Lipinski definition) is 3. The van der Waals surface area contributed by atoms with Crippen LogP contribution in [0.15, 0.2) is 0 Å². The average molecular weight is 283 g/mol. The van der Waals surface area contributed by atoms with Crippen molar-refractivity contribution in [2.45, 2.75) is 33.6 Å². The highest BCUT2D eigenvalue weighted by molar-refractivity contribution is 5.96. The van der Waals surface area contributed by atoms with Crippen LogP contribution in [0.4, 0.5) is 0 Å². The van der Waals surface area contributed by atoms with E-state index in [4.69, 9.17) is 0 Å². The lowest BCUT2D eigenvalue weighted by Crippen LogP contribution is -2.50. The normalized spacial score (nSPS) is 15.4. The molecule has 1 aliphatic heterocycles. The summed E-state index contributed by atoms with van der Waals surface area (Å²) in [6.07, 6.45) is 0.815. The Labute approximate surface area is 120 Å². The first-order chi connectivity index (χ1) is 9.40. The molecule has 1 heterocycles. The Hall–Kier alpha value is -1.59. The molecule has 0 unspecified atom stereocenters. The fourth-order valence-electron chi connectivity index (χ4n) is 2.08. The number of rotatable bonds is 5. The zero-order valence-electron chi connectivity index (χ0n) is 12.6. The molecule has 0 radical (unpaired) electrons. The van der Waals surface area contributed by atoms with Gasteiger partial charge in [-0.05, 0) is 12.3 Å². The van der Waals surface area contributed by atoms with Crippen molar-refractivity contribution < 1.29 is 14.4 Å². The second-order valence-corrected chi connectivity index (χ2v) is 5.60. The fourth-order valence-corrected chi connectivity index (χ4v) is 2.08. The Balaban J connectivity index is 2.26. The first-order valence-electron chi connectivity index (χ1n) is 7.20. The molecule has 0 saturated carbocycles. The molecule has 1 N–H and O–H groups in total. The second-order valence-electron chi connectivity index (χ2n) is 5.60. The number of nitrogens with one attached hydrogen (secondary N) is 1. The Morgan fingerprint density at radius 1 is 1.05 bits per heavy atom. The van der Waals surface area contributed by atoms with Gasteiger partial charge in [-0.25, -0.2) is 0 Å². The minimum Gasteiger partial charge on any atom is -0.356 e. The molecule has 0 aliphatic carbocycles. The summed E-state index contributed by atoms with van der Waals surface area (Å²) in [5.74, 6) is 0.189. The van der Waals surface area contributed by atoms with Crippen LogP contribution in [-0.4, -0.2) is 60.2 Å². The van der Waals surface area contributed by atoms with Gasteiger partial charge >= 0.3 is 0 Å². The summed E-state index contributed by atoms with van der Waals surface area (Å²) in [7, 11) is 0. The predicted molar refractivity (Wildman–Crippen MR) is 75.9 cm³/mol. The maximum atomic E-state index is 11.9. The van der Waals surface area contributed by atoms with Gasteiger partial charge in [0.05, 0.1) is 0 Å². The van der Waals surface area contributed by atoms with Crippen molar-refractivity contribution in [2.75, 3.05) is 32.7 Å². The summed E-state index contributed by atoms with van der Waals surface area (Å²) in [5.41, 5.74) is 0. The number of nitrogens with zero attached hydrogens (tertiary/aromatic N) is 2. The van der Waals surface area contributed by atoms with Crippen molar-refractivity contribution in [2.24, 2.45) is 5.92 Å². The SMILES string of the molecule is CC(=O)N1CCN(C(=O)CC(=O)NCCC(C)C)CC1. The Morgan fingerprint density at radius 3 is 2.10 bits per heavy atom. The summed E-state index contributed by atoms with van der Waals surface area (Å²) in [6.45, 7) is 8.45. The molecule has 6 nitrogen and oxygen atoms in total. The highest BCUT2D eigenvalue weighted by Crippen LogP contribution is 2.04. The highest BCUT2D eigenvalue weighted by Gasteiger charge is 2.23. The van der Waals surface area contributed by atoms with E-state index in [1.54, 1.807) is 9.80 Å². The lowest BCUT2D eigenvalue weighted by atomic mass is 10.1. The van der Waals surface area contributed by atoms with E-state index < -0.39 is 0 Å². The molecule has 6 heteroatoms. The summed E-state index contributed by atoms with van der Waals surface area (Å²) in [5, 5.41) is 2.76. The van der Waals surface area contributed by atoms with Gasteiger partial charge in [0.1, 0.15) is 6.42 Å². The maximum Gasteiger partial charge on any atom is 0.232 e. The Kier molecular flexibility index (Phi) is 6.48. The van der Waals surface area contributed by atoms with Gasteiger partial charge in [-0.2, -0.15) is 0 Å². The molecule has 0 spiro atoms. The summed E-state index contributed by atoms with van der Waals surface area (Å²) in [4.78, 5) is 38.1. The van der Waals surface area contributed by atoms with E-state index in [0.717, 1.165) is 6.42 Å². The zero-order valence-corrected chi connectivity index (χ0v) is 12.6. The minimum absolute atomic E-state index is 0.0310. The number of hydrogen-bond donors (Lipinski definition) is 1. The summed E-state index contributed by atoms with van der Waals surface area (Å²) < 4.78 is 0. The average Bonchev–Trinajstić information content (AvgIpc) is 2.38. The third-order valence-corrected chi connectivity index (χ3v) is 3.43. The fraction of sp³-hybridized carbons (Fsp3) is 0.786. The van der Waals surface area contributed by atoms with Crippen LogP contribution in [0.5, 0.6) is 0 Å². The van der Waals surface area contributed by atoms with Crippen LogP contribution in [-0.2, 0) is 14.4 Å². The van der Waals surface area contributed by atoms with E-state index in [0.29, 0.717) is 38.6 Å². The van der Waals surface area contributed by atoms with Gasteiger partial charge < -0.3 is 15.1 Å². The van der Waals surface area contributed by atoms with Crippen LogP contribution in [0.2, 0.25) is 0 Å². The van der Waals surface area contributed by atoms with Gasteiger partial charge in [-0.15, -0.1) is 0 Å². The Morgan fingerprint density at radius 2 is 1.60 bits per heavy atom. The van der Waals surface area contributed by atoms with Crippen molar-refractivity contribution >= 4 is 17.7 Å². The molecule has 0 aromatic heterocycles. The van der Waals surface area contributed by atoms with Crippen molar-refractivity contribution in [3.8, 4) is 0 Å². The van der Waals surface area contributed by atoms with Gasteiger partial charge in [-0.3, -0.25) is 14.4 Å². The van der Waals surface area contributed by atoms with Gasteiger partial charge in [0.25, 0.3) is 0 Å². The van der Waals surface area contributed by atoms with Crippen molar-refractivity contribution in [3.05, 3.63) is 0 Å². The lowest BCUT2D eigenvalue weighted by Gasteiger charge is -2.34. The quantitative estimate of drug-likeness (QED) is 0.734. The Bertz CT molecular complexity index is 361. The number of amides is 3. The van der Waals surface area contributed by atoms with Gasteiger partial charge in [0, 0.05) is 39.6 Å². The van der Waals surface area contributed by atoms with Crippen LogP contribution < -0.4 is 5.32 Å². The first kappa shape index (κ1) is 16.5. The van der Waals surface area contributed by atoms with Gasteiger partial charge in [0.2, 0.25) is 17.7 Å². The maximum absolute atomic E-state index is 11.9. The predicted octanol–water partition coefficient (Wildman–Crippen LogP) is 0.230. The van der Waals surface area contributed by atoms with E-state index in [1.165, 1.54) is 6.92 Å². The van der Waals surface area contributed by atoms with Crippen LogP contribution in [0.1, 0.15) is 33.6 Å². The largest absolute Gasteiger partial charge is 0.356 e. The van der Waals surface area contributed by atoms with E-state index in [9.17, 15) is 14.4 Å². The number of carbonyl (C=O) groups excluding carboxylic acids is 3. The number of carbonyl (C=O) groups is 3. The van der Waals surface area contributed by atoms with Gasteiger partial charge in [-0.1, -0.05) is 13.8 Å². The molecule has 0 aromatic rings. The summed E-state index contributed by atoms with van der Waals surface area (Å²) >= 11 is 0. The monoisotopic (exact) mass is 283 g/mol. The molecular formula is C14H25N3O3. The summed E-state index contributed by atoms with van der Waals surface area (Å²) in [6, 6.07) is 0. The molecule has 1 fully saturated rings. The van der Waals surface area contributed by atoms with E-state index in [-0.39, 0.29) is 24.1 Å². The van der Waals surface area contributed by atoms with Crippen LogP contribution in [0, 0.1) is 5.92 Å². The molecule has 1 aliphatic rings. The topological polar surface area (TPSA) is 69.7 Å². The van der Waals surface area contributed by atoms with Crippen molar-refractivity contribution in [1.82, 2.24) is 15.1 Å². The first-order valence-corrected chi connectivity index (χ1v) is 7.20. The molecule has 114 valence electrons. The lowest BCUT2D eigenvalue weighted by molar-refractivity contribution is -0.141. The second kappa shape index (κ2) is 7.87. The molecule has 0 atom stereocenters. The van der Waals surface area contributed by atoms with Crippen LogP contribution in [0.3, 0.4) is 0 Å².